The fourth-order valence-corrected chi connectivity index (χ4v) is 13.9. The Kier molecular flexibility index (Phi) is 29.0. The largest absolute Gasteiger partial charge is 0.412 e. The topological polar surface area (TPSA) is 330 Å². The lowest BCUT2D eigenvalue weighted by atomic mass is 10.0. The standard InChI is InChI=1S/C33H50N7O5PSi.C24H32N5O5PSi.C3H5NO.CH4.H2O/c1-22(2)40(23(3)4)46(42-18-14-17-34)43-19-26-24(5)28(45-47(9,10)33(6,7)8)32(44-26)39-21-37-27-29(35-20-36-30(27)39)38-31(41)25-15-12-11-13-16-25;1-15-17(12-32-35-31)33-23(19(15)34-36(5,6)24(2,3)4)29-14-27-18-20(25-13-26-21(18)29)28-22(30)16-10-8-7-9-11-16;4-2-1-3-5;;/h11-13,15-16,20-24,26,28,32H,14,18-19H2,1-10H3,(H,35,36,38,41);7-11,13-15,17,19,23H,12H2,1-6H3,(H,25,26,28,30);5H,1,3H2;1H4;1H2/t24-,26-,28-,32-,46?;15-,17-,19-,23-;;;/m11.../s1. The second-order valence-electron chi connectivity index (χ2n) is 25.1. The first-order chi connectivity index (χ1) is 41.6. The molecule has 8 rings (SSSR count). The molecule has 2 saturated heterocycles. The molecule has 2 aliphatic rings. The van der Waals surface area contributed by atoms with Gasteiger partial charge in [-0.25, -0.2) is 39.1 Å². The van der Waals surface area contributed by atoms with Crippen molar-refractivity contribution in [1.82, 2.24) is 43.7 Å². The third-order valence-corrected chi connectivity index (χ3v) is 27.5. The number of carbonyl (C=O) groups is 2. The van der Waals surface area contributed by atoms with Crippen molar-refractivity contribution in [3.8, 4) is 12.1 Å². The summed E-state index contributed by atoms with van der Waals surface area (Å²) in [6.45, 7) is 35.4. The molecular weight excluding hydrogens is 1220 g/mol. The summed E-state index contributed by atoms with van der Waals surface area (Å²) in [4.78, 5) is 52.4. The van der Waals surface area contributed by atoms with Crippen molar-refractivity contribution in [2.75, 3.05) is 37.1 Å². The molecule has 0 spiro atoms. The molecule has 9 atom stereocenters. The summed E-state index contributed by atoms with van der Waals surface area (Å²) in [5.74, 6) is -0.0317. The van der Waals surface area contributed by atoms with Gasteiger partial charge in [0.25, 0.3) is 20.3 Å². The van der Waals surface area contributed by atoms with Gasteiger partial charge in [-0.1, -0.05) is 99.2 Å². The van der Waals surface area contributed by atoms with Crippen LogP contribution in [0, 0.1) is 34.5 Å². The highest BCUT2D eigenvalue weighted by Gasteiger charge is 2.51. The monoisotopic (exact) mass is 1320 g/mol. The third-order valence-electron chi connectivity index (χ3n) is 16.2. The van der Waals surface area contributed by atoms with Crippen LogP contribution in [0.25, 0.3) is 22.3 Å². The molecule has 0 aliphatic carbocycles. The van der Waals surface area contributed by atoms with Crippen LogP contribution in [0.1, 0.15) is 137 Å². The normalized spacial score (nSPS) is 20.5. The van der Waals surface area contributed by atoms with E-state index in [9.17, 15) is 14.2 Å². The van der Waals surface area contributed by atoms with Crippen LogP contribution in [0.4, 0.5) is 11.6 Å². The Morgan fingerprint density at radius 1 is 0.689 bits per heavy atom. The first kappa shape index (κ1) is 76.5. The minimum atomic E-state index is -2.25. The van der Waals surface area contributed by atoms with E-state index in [0.29, 0.717) is 51.7 Å². The molecule has 0 radical (unpaired) electrons. The van der Waals surface area contributed by atoms with Gasteiger partial charge in [-0.3, -0.25) is 23.2 Å². The van der Waals surface area contributed by atoms with Crippen LogP contribution in [0.15, 0.2) is 86.0 Å². The van der Waals surface area contributed by atoms with E-state index in [1.165, 1.54) is 12.7 Å². The predicted molar refractivity (Wildman–Crippen MR) is 352 cm³/mol. The zero-order chi connectivity index (χ0) is 64.7. The average Bonchev–Trinajstić information content (AvgIpc) is 1.62. The van der Waals surface area contributed by atoms with E-state index < -0.39 is 46.3 Å². The van der Waals surface area contributed by atoms with Crippen molar-refractivity contribution < 1.29 is 56.6 Å². The van der Waals surface area contributed by atoms with Crippen molar-refractivity contribution in [3.05, 3.63) is 97.1 Å². The summed E-state index contributed by atoms with van der Waals surface area (Å²) in [6, 6.07) is 22.2. The Morgan fingerprint density at radius 3 is 1.46 bits per heavy atom. The number of nitrogens with one attached hydrogen (secondary N) is 2. The van der Waals surface area contributed by atoms with E-state index >= 15 is 0 Å². The quantitative estimate of drug-likeness (QED) is 0.0305. The summed E-state index contributed by atoms with van der Waals surface area (Å²) in [7, 11) is -6.26. The molecule has 2 amide bonds. The lowest BCUT2D eigenvalue weighted by molar-refractivity contribution is -0.0450. The number of carbonyl (C=O) groups excluding carboxylic acids is 2. The molecule has 29 heteroatoms. The molecule has 6 heterocycles. The van der Waals surface area contributed by atoms with Crippen LogP contribution in [0.2, 0.25) is 36.3 Å². The first-order valence-electron chi connectivity index (χ1n) is 29.5. The highest BCUT2D eigenvalue weighted by atomic mass is 31.2. The summed E-state index contributed by atoms with van der Waals surface area (Å²) in [5, 5.41) is 30.3. The highest BCUT2D eigenvalue weighted by molar-refractivity contribution is 7.44. The van der Waals surface area contributed by atoms with Crippen LogP contribution >= 0.6 is 17.2 Å². The van der Waals surface area contributed by atoms with Gasteiger partial charge in [-0.15, -0.1) is 0 Å². The Hall–Kier alpha value is -5.98. The number of ether oxygens (including phenoxy) is 2. The molecule has 2 fully saturated rings. The van der Waals surface area contributed by atoms with E-state index in [1.54, 1.807) is 55.1 Å². The Bertz CT molecular complexity index is 3310. The fraction of sp³-hybridized carbons (Fsp3) is 0.574. The lowest BCUT2D eigenvalue weighted by Crippen LogP contribution is -2.46. The minimum absolute atomic E-state index is 0. The van der Waals surface area contributed by atoms with Crippen molar-refractivity contribution in [1.29, 1.82) is 10.5 Å². The van der Waals surface area contributed by atoms with Gasteiger partial charge in [0.1, 0.15) is 12.7 Å². The van der Waals surface area contributed by atoms with Gasteiger partial charge < -0.3 is 48.6 Å². The molecule has 2 aliphatic heterocycles. The number of hydrogen-bond donors (Lipinski definition) is 3. The maximum atomic E-state index is 13.0. The summed E-state index contributed by atoms with van der Waals surface area (Å²) in [6.07, 6.45) is 4.28. The van der Waals surface area contributed by atoms with E-state index in [1.807, 2.05) is 40.3 Å². The van der Waals surface area contributed by atoms with Crippen molar-refractivity contribution in [3.63, 3.8) is 0 Å². The van der Waals surface area contributed by atoms with Crippen molar-refractivity contribution >= 4 is 79.6 Å². The predicted octanol–water partition coefficient (Wildman–Crippen LogP) is 12.2. The third kappa shape index (κ3) is 19.1. The molecule has 0 bridgehead atoms. The molecule has 492 valence electrons. The minimum Gasteiger partial charge on any atom is -0.412 e. The van der Waals surface area contributed by atoms with E-state index in [-0.39, 0.29) is 116 Å². The molecular formula is C61H93N13O12P2Si2. The molecule has 25 nitrogen and oxygen atoms in total. The van der Waals surface area contributed by atoms with Gasteiger partial charge in [-0.2, -0.15) is 10.5 Å². The van der Waals surface area contributed by atoms with Gasteiger partial charge in [0.05, 0.1) is 88.5 Å². The Morgan fingerprint density at radius 2 is 1.10 bits per heavy atom. The van der Waals surface area contributed by atoms with Crippen LogP contribution in [0.3, 0.4) is 0 Å². The number of hydrogen-bond acceptors (Lipinski definition) is 20. The number of anilines is 2. The number of benzene rings is 2. The highest BCUT2D eigenvalue weighted by Crippen LogP contribution is 2.50. The SMILES string of the molecule is C.CC(C)N(C(C)C)P(OCCC#N)OC[C@H]1O[C@@H](n2cnc3c(NC(=O)c4ccccc4)ncnc32)[C@H](O[Si](C)(C)C(C)(C)C)[C@@H]1C.C[C@H]1[C@@H](O[Si](C)(C)C(C)(C)C)[C@H](n2cnc3c(NC(=O)c4ccccc4)ncnc32)O[C@@H]1COP=O.N#CCCO.O. The zero-order valence-electron chi connectivity index (χ0n) is 53.9. The zero-order valence-corrected chi connectivity index (χ0v) is 57.7. The number of nitriles is 2. The van der Waals surface area contributed by atoms with Crippen LogP contribution in [0.5, 0.6) is 0 Å². The number of fused-ring (bicyclic) bond motifs is 2. The Labute approximate surface area is 534 Å². The molecule has 90 heavy (non-hydrogen) atoms. The summed E-state index contributed by atoms with van der Waals surface area (Å²) < 4.78 is 61.8. The lowest BCUT2D eigenvalue weighted by Gasteiger charge is -2.40. The van der Waals surface area contributed by atoms with Gasteiger partial charge >= 0.3 is 8.69 Å². The van der Waals surface area contributed by atoms with Gasteiger partial charge in [0, 0.05) is 35.0 Å². The number of nitrogens with zero attached hydrogens (tertiary/aromatic N) is 11. The second kappa shape index (κ2) is 34.1. The number of aliphatic hydroxyl groups is 1. The summed E-state index contributed by atoms with van der Waals surface area (Å²) >= 11 is 0. The molecule has 4 aromatic heterocycles. The number of aromatic nitrogens is 8. The van der Waals surface area contributed by atoms with Gasteiger partial charge in [0.15, 0.2) is 63.1 Å². The van der Waals surface area contributed by atoms with E-state index in [2.05, 4.69) is 154 Å². The van der Waals surface area contributed by atoms with Crippen molar-refractivity contribution in [2.45, 2.75) is 189 Å². The second-order valence-corrected chi connectivity index (χ2v) is 36.5. The fourth-order valence-electron chi connectivity index (χ4n) is 9.30. The average molecular weight is 1320 g/mol. The van der Waals surface area contributed by atoms with Crippen molar-refractivity contribution in [2.24, 2.45) is 11.8 Å². The number of amides is 2. The molecule has 6 aromatic rings. The van der Waals surface area contributed by atoms with Crippen LogP contribution in [-0.4, -0.2) is 146 Å². The van der Waals surface area contributed by atoms with Gasteiger partial charge in [0.2, 0.25) is 0 Å². The molecule has 5 N–H and O–H groups in total. The van der Waals surface area contributed by atoms with Crippen LogP contribution in [-0.2, 0) is 36.5 Å². The van der Waals surface area contributed by atoms with E-state index in [0.717, 1.165) is 0 Å². The molecule has 2 aromatic carbocycles. The van der Waals surface area contributed by atoms with Crippen LogP contribution < -0.4 is 10.6 Å². The smallest absolute Gasteiger partial charge is 0.327 e. The maximum Gasteiger partial charge on any atom is 0.327 e. The number of rotatable bonds is 23. The number of aliphatic hydroxyl groups excluding tert-OH is 1. The maximum absolute atomic E-state index is 13.0. The molecule has 1 unspecified atom stereocenters. The van der Waals surface area contributed by atoms with Gasteiger partial charge in [-0.05, 0) is 88.2 Å². The Balaban J connectivity index is 0.000000359. The summed E-state index contributed by atoms with van der Waals surface area (Å²) in [5.41, 5.74) is 2.97. The molecule has 0 saturated carbocycles. The number of imidazole rings is 2. The first-order valence-corrected chi connectivity index (χ1v) is 37.2. The van der Waals surface area contributed by atoms with E-state index in [4.69, 9.17) is 47.5 Å².